The zero-order valence-corrected chi connectivity index (χ0v) is 15.4. The number of carbonyl (C=O) groups excluding carboxylic acids is 2. The molecule has 0 aliphatic heterocycles. The molecule has 0 aliphatic rings. The summed E-state index contributed by atoms with van der Waals surface area (Å²) in [5.74, 6) is 0.0684. The van der Waals surface area contributed by atoms with Crippen LogP contribution in [0.5, 0.6) is 17.4 Å². The topological polar surface area (TPSA) is 106 Å². The number of rotatable bonds is 5. The molecule has 144 valence electrons. The number of para-hydroxylation sites is 2. The molecule has 1 amide bonds. The van der Waals surface area contributed by atoms with Crippen molar-refractivity contribution < 1.29 is 19.4 Å². The van der Waals surface area contributed by atoms with Gasteiger partial charge in [0.2, 0.25) is 11.8 Å². The molecule has 0 radical (unpaired) electrons. The highest BCUT2D eigenvalue weighted by Gasteiger charge is 2.14. The fourth-order valence-electron chi connectivity index (χ4n) is 2.89. The number of nitrogens with one attached hydrogen (secondary N) is 1. The Morgan fingerprint density at radius 2 is 2.00 bits per heavy atom. The number of aromatic hydroxyl groups is 1. The average Bonchev–Trinajstić information content (AvgIpc) is 3.04. The number of phenols is 1. The van der Waals surface area contributed by atoms with E-state index in [0.29, 0.717) is 17.8 Å². The van der Waals surface area contributed by atoms with Crippen molar-refractivity contribution in [2.24, 2.45) is 7.05 Å². The highest BCUT2D eigenvalue weighted by Crippen LogP contribution is 2.29. The van der Waals surface area contributed by atoms with Gasteiger partial charge in [0, 0.05) is 24.9 Å². The summed E-state index contributed by atoms with van der Waals surface area (Å²) in [7, 11) is 1.81. The zero-order chi connectivity index (χ0) is 20.4. The molecule has 0 bridgehead atoms. The number of carbonyl (C=O) groups is 2. The van der Waals surface area contributed by atoms with Gasteiger partial charge in [0.15, 0.2) is 6.29 Å². The van der Waals surface area contributed by atoms with Crippen LogP contribution in [-0.4, -0.2) is 31.8 Å². The Hall–Kier alpha value is -4.20. The summed E-state index contributed by atoms with van der Waals surface area (Å²) in [6.45, 7) is 0. The van der Waals surface area contributed by atoms with Crippen molar-refractivity contribution >= 4 is 29.2 Å². The van der Waals surface area contributed by atoms with Crippen LogP contribution in [0.25, 0.3) is 11.0 Å². The molecule has 0 spiro atoms. The van der Waals surface area contributed by atoms with Gasteiger partial charge < -0.3 is 14.4 Å². The van der Waals surface area contributed by atoms with Crippen LogP contribution in [0.2, 0.25) is 0 Å². The van der Waals surface area contributed by atoms with Crippen LogP contribution in [0.4, 0.5) is 5.95 Å². The Morgan fingerprint density at radius 1 is 1.17 bits per heavy atom. The third kappa shape index (κ3) is 3.51. The molecule has 2 heterocycles. The Bertz CT molecular complexity index is 1230. The molecule has 0 atom stereocenters. The summed E-state index contributed by atoms with van der Waals surface area (Å²) >= 11 is 0. The van der Waals surface area contributed by atoms with Gasteiger partial charge in [-0.3, -0.25) is 14.9 Å². The van der Waals surface area contributed by atoms with E-state index in [0.717, 1.165) is 11.0 Å². The van der Waals surface area contributed by atoms with Crippen LogP contribution in [0, 0.1) is 0 Å². The van der Waals surface area contributed by atoms with Crippen LogP contribution >= 0.6 is 0 Å². The summed E-state index contributed by atoms with van der Waals surface area (Å²) < 4.78 is 7.38. The molecular formula is C21H16N4O4. The number of hydrogen-bond acceptors (Lipinski definition) is 6. The second-order valence-electron chi connectivity index (χ2n) is 6.23. The van der Waals surface area contributed by atoms with Gasteiger partial charge in [-0.15, -0.1) is 0 Å². The molecule has 4 aromatic rings. The van der Waals surface area contributed by atoms with E-state index in [4.69, 9.17) is 4.74 Å². The number of amides is 1. The molecule has 0 aliphatic carbocycles. The lowest BCUT2D eigenvalue weighted by Gasteiger charge is -2.09. The number of aromatic nitrogens is 3. The van der Waals surface area contributed by atoms with Crippen molar-refractivity contribution in [3.8, 4) is 17.4 Å². The Labute approximate surface area is 165 Å². The number of benzene rings is 2. The lowest BCUT2D eigenvalue weighted by atomic mass is 10.2. The van der Waals surface area contributed by atoms with E-state index in [1.54, 1.807) is 10.6 Å². The summed E-state index contributed by atoms with van der Waals surface area (Å²) in [6.07, 6.45) is 1.91. The number of nitrogens with zero attached hydrogens (tertiary/aromatic N) is 3. The minimum absolute atomic E-state index is 0.00357. The lowest BCUT2D eigenvalue weighted by Crippen LogP contribution is -2.15. The molecule has 0 saturated carbocycles. The maximum atomic E-state index is 12.7. The highest BCUT2D eigenvalue weighted by molar-refractivity contribution is 6.04. The van der Waals surface area contributed by atoms with Gasteiger partial charge >= 0.3 is 0 Å². The second-order valence-corrected chi connectivity index (χ2v) is 6.23. The van der Waals surface area contributed by atoms with Crippen LogP contribution in [0.1, 0.15) is 20.7 Å². The number of imidazole rings is 1. The van der Waals surface area contributed by atoms with Gasteiger partial charge in [-0.1, -0.05) is 18.2 Å². The smallest absolute Gasteiger partial charge is 0.258 e. The predicted molar refractivity (Wildman–Crippen MR) is 106 cm³/mol. The number of fused-ring (bicyclic) bond motifs is 1. The summed E-state index contributed by atoms with van der Waals surface area (Å²) in [4.78, 5) is 32.3. The van der Waals surface area contributed by atoms with Crippen molar-refractivity contribution in [2.45, 2.75) is 0 Å². The first-order valence-corrected chi connectivity index (χ1v) is 8.70. The molecular weight excluding hydrogens is 372 g/mol. The first kappa shape index (κ1) is 18.2. The van der Waals surface area contributed by atoms with Crippen molar-refractivity contribution in [3.63, 3.8) is 0 Å². The zero-order valence-electron chi connectivity index (χ0n) is 15.4. The van der Waals surface area contributed by atoms with Gasteiger partial charge in [-0.25, -0.2) is 9.97 Å². The van der Waals surface area contributed by atoms with Gasteiger partial charge in [0.05, 0.1) is 16.6 Å². The normalized spacial score (nSPS) is 10.7. The summed E-state index contributed by atoms with van der Waals surface area (Å²) in [5, 5.41) is 12.5. The Balaban J connectivity index is 1.58. The van der Waals surface area contributed by atoms with Crippen molar-refractivity contribution in [1.82, 2.24) is 14.5 Å². The maximum Gasteiger partial charge on any atom is 0.258 e. The number of pyridine rings is 1. The maximum absolute atomic E-state index is 12.7. The van der Waals surface area contributed by atoms with E-state index in [1.807, 2.05) is 31.3 Å². The SMILES string of the molecule is Cn1c(NC(=O)c2ccnc(Oc3cccc(O)c3C=O)c2)nc2ccccc21. The van der Waals surface area contributed by atoms with Crippen LogP contribution < -0.4 is 10.1 Å². The molecule has 2 aromatic heterocycles. The molecule has 4 rings (SSSR count). The minimum atomic E-state index is -0.387. The standard InChI is InChI=1S/C21H16N4O4/c1-25-16-6-3-2-5-15(16)23-21(25)24-20(28)13-9-10-22-19(11-13)29-18-8-4-7-17(27)14(18)12-26/h2-12,27H,1H3,(H,23,24,28). The van der Waals surface area contributed by atoms with E-state index in [-0.39, 0.29) is 28.8 Å². The van der Waals surface area contributed by atoms with Crippen LogP contribution in [0.3, 0.4) is 0 Å². The molecule has 8 heteroatoms. The number of hydrogen-bond donors (Lipinski definition) is 2. The lowest BCUT2D eigenvalue weighted by molar-refractivity contribution is 0.102. The van der Waals surface area contributed by atoms with Crippen molar-refractivity contribution in [2.75, 3.05) is 5.32 Å². The van der Waals surface area contributed by atoms with Gasteiger partial charge in [-0.05, 0) is 30.3 Å². The quantitative estimate of drug-likeness (QED) is 0.507. The fourth-order valence-corrected chi connectivity index (χ4v) is 2.89. The number of phenolic OH excluding ortho intramolecular Hbond substituents is 1. The highest BCUT2D eigenvalue weighted by atomic mass is 16.5. The Kier molecular flexibility index (Phi) is 4.66. The number of aryl methyl sites for hydroxylation is 1. The third-order valence-electron chi connectivity index (χ3n) is 4.38. The average molecular weight is 388 g/mol. The molecule has 0 saturated heterocycles. The van der Waals surface area contributed by atoms with Gasteiger partial charge in [0.1, 0.15) is 11.5 Å². The van der Waals surface area contributed by atoms with E-state index >= 15 is 0 Å². The fraction of sp³-hybridized carbons (Fsp3) is 0.0476. The number of aldehydes is 1. The molecule has 8 nitrogen and oxygen atoms in total. The molecule has 29 heavy (non-hydrogen) atoms. The van der Waals surface area contributed by atoms with Crippen LogP contribution in [-0.2, 0) is 7.05 Å². The molecule has 0 fully saturated rings. The number of anilines is 1. The van der Waals surface area contributed by atoms with E-state index in [2.05, 4.69) is 15.3 Å². The minimum Gasteiger partial charge on any atom is -0.507 e. The first-order valence-electron chi connectivity index (χ1n) is 8.70. The Morgan fingerprint density at radius 3 is 2.79 bits per heavy atom. The van der Waals surface area contributed by atoms with E-state index < -0.39 is 0 Å². The first-order chi connectivity index (χ1) is 14.1. The summed E-state index contributed by atoms with van der Waals surface area (Å²) in [5.41, 5.74) is 1.97. The van der Waals surface area contributed by atoms with E-state index in [1.165, 1.54) is 30.5 Å². The van der Waals surface area contributed by atoms with Crippen molar-refractivity contribution in [1.29, 1.82) is 0 Å². The molecule has 2 N–H and O–H groups in total. The number of ether oxygens (including phenoxy) is 1. The predicted octanol–water partition coefficient (Wildman–Crippen LogP) is 3.53. The largest absolute Gasteiger partial charge is 0.507 e. The van der Waals surface area contributed by atoms with E-state index in [9.17, 15) is 14.7 Å². The van der Waals surface area contributed by atoms with Crippen molar-refractivity contribution in [3.05, 3.63) is 71.9 Å². The second kappa shape index (κ2) is 7.43. The summed E-state index contributed by atoms with van der Waals surface area (Å²) in [6, 6.07) is 15.0. The molecule has 2 aromatic carbocycles. The monoisotopic (exact) mass is 388 g/mol. The molecule has 0 unspecified atom stereocenters. The third-order valence-corrected chi connectivity index (χ3v) is 4.38. The van der Waals surface area contributed by atoms with Gasteiger partial charge in [-0.2, -0.15) is 0 Å². The van der Waals surface area contributed by atoms with Gasteiger partial charge in [0.25, 0.3) is 5.91 Å². The van der Waals surface area contributed by atoms with Crippen LogP contribution in [0.15, 0.2) is 60.8 Å².